The van der Waals surface area contributed by atoms with E-state index in [-0.39, 0.29) is 31.1 Å². The van der Waals surface area contributed by atoms with Gasteiger partial charge in [-0.05, 0) is 31.1 Å². The van der Waals surface area contributed by atoms with Crippen LogP contribution in [0.15, 0.2) is 0 Å². The zero-order valence-corrected chi connectivity index (χ0v) is 20.2. The van der Waals surface area contributed by atoms with E-state index in [2.05, 4.69) is 16.0 Å². The first kappa shape index (κ1) is 30.3. The second-order valence-corrected chi connectivity index (χ2v) is 9.00. The predicted molar refractivity (Wildman–Crippen MR) is 122 cm³/mol. The molecule has 11 heteroatoms. The summed E-state index contributed by atoms with van der Waals surface area (Å²) in [6, 6.07) is -4.24. The van der Waals surface area contributed by atoms with Crippen LogP contribution in [0.4, 0.5) is 0 Å². The highest BCUT2D eigenvalue weighted by Crippen LogP contribution is 2.09. The third-order valence-electron chi connectivity index (χ3n) is 5.10. The van der Waals surface area contributed by atoms with Crippen LogP contribution in [0, 0.1) is 11.8 Å². The summed E-state index contributed by atoms with van der Waals surface area (Å²) < 4.78 is 0. The molecule has 0 aromatic rings. The van der Waals surface area contributed by atoms with Crippen LogP contribution < -0.4 is 21.7 Å². The lowest BCUT2D eigenvalue weighted by Gasteiger charge is -2.26. The largest absolute Gasteiger partial charge is 0.481 e. The van der Waals surface area contributed by atoms with Gasteiger partial charge in [0.15, 0.2) is 0 Å². The number of nitrogens with two attached hydrogens (primary N) is 1. The summed E-state index contributed by atoms with van der Waals surface area (Å²) in [4.78, 5) is 60.6. The molecule has 0 unspecified atom stereocenters. The molecule has 0 heterocycles. The molecule has 11 nitrogen and oxygen atoms in total. The first-order valence-electron chi connectivity index (χ1n) is 11.4. The number of amides is 3. The Morgan fingerprint density at radius 1 is 0.788 bits per heavy atom. The Bertz CT molecular complexity index is 682. The van der Waals surface area contributed by atoms with Crippen molar-refractivity contribution < 1.29 is 34.2 Å². The van der Waals surface area contributed by atoms with E-state index in [0.717, 1.165) is 6.42 Å². The van der Waals surface area contributed by atoms with Gasteiger partial charge in [-0.2, -0.15) is 0 Å². The van der Waals surface area contributed by atoms with Crippen LogP contribution in [0.1, 0.15) is 73.1 Å². The van der Waals surface area contributed by atoms with Gasteiger partial charge >= 0.3 is 11.9 Å². The molecule has 0 radical (unpaired) electrons. The zero-order valence-electron chi connectivity index (χ0n) is 20.2. The number of nitrogens with one attached hydrogen (secondary N) is 3. The van der Waals surface area contributed by atoms with Crippen LogP contribution in [0.25, 0.3) is 0 Å². The quantitative estimate of drug-likeness (QED) is 0.188. The first-order valence-corrected chi connectivity index (χ1v) is 11.4. The number of unbranched alkanes of at least 4 members (excludes halogenated alkanes) is 1. The number of rotatable bonds is 16. The minimum absolute atomic E-state index is 0.0213. The van der Waals surface area contributed by atoms with Crippen molar-refractivity contribution in [2.45, 2.75) is 97.3 Å². The minimum atomic E-state index is -1.28. The Kier molecular flexibility index (Phi) is 14.0. The Labute approximate surface area is 195 Å². The summed E-state index contributed by atoms with van der Waals surface area (Å²) in [6.45, 7) is 9.13. The molecule has 0 saturated heterocycles. The number of carbonyl (C=O) groups excluding carboxylic acids is 3. The SMILES string of the molecule is CCCC[C@H](NC(=O)[C@H](CCC(=O)O)NC(=O)[C@H](CC(C)C)NC(=O)[C@@H](N)C(C)C)C(=O)O. The molecule has 0 aromatic carbocycles. The molecule has 0 aliphatic carbocycles. The molecule has 0 bridgehead atoms. The fourth-order valence-corrected chi connectivity index (χ4v) is 3.02. The van der Waals surface area contributed by atoms with E-state index in [1.54, 1.807) is 13.8 Å². The fraction of sp³-hybridized carbons (Fsp3) is 0.773. The van der Waals surface area contributed by atoms with Gasteiger partial charge in [0.05, 0.1) is 6.04 Å². The Morgan fingerprint density at radius 2 is 1.30 bits per heavy atom. The molecule has 190 valence electrons. The zero-order chi connectivity index (χ0) is 25.7. The third kappa shape index (κ3) is 12.2. The van der Waals surface area contributed by atoms with Gasteiger partial charge < -0.3 is 31.9 Å². The van der Waals surface area contributed by atoms with Gasteiger partial charge in [-0.1, -0.05) is 47.5 Å². The van der Waals surface area contributed by atoms with Gasteiger partial charge in [0.25, 0.3) is 0 Å². The number of carboxylic acids is 2. The molecule has 3 amide bonds. The molecule has 0 aliphatic rings. The second kappa shape index (κ2) is 15.2. The van der Waals surface area contributed by atoms with Crippen LogP contribution in [0.3, 0.4) is 0 Å². The van der Waals surface area contributed by atoms with Crippen LogP contribution in [0.2, 0.25) is 0 Å². The van der Waals surface area contributed by atoms with Crippen molar-refractivity contribution in [1.29, 1.82) is 0 Å². The van der Waals surface area contributed by atoms with E-state index >= 15 is 0 Å². The number of hydrogen-bond acceptors (Lipinski definition) is 6. The van der Waals surface area contributed by atoms with Gasteiger partial charge in [0, 0.05) is 6.42 Å². The number of carbonyl (C=O) groups is 5. The summed E-state index contributed by atoms with van der Waals surface area (Å²) in [6.07, 6.45) is 1.13. The van der Waals surface area contributed by atoms with Crippen molar-refractivity contribution in [2.24, 2.45) is 17.6 Å². The maximum absolute atomic E-state index is 12.9. The molecule has 0 fully saturated rings. The van der Waals surface area contributed by atoms with Crippen molar-refractivity contribution in [3.63, 3.8) is 0 Å². The molecule has 33 heavy (non-hydrogen) atoms. The van der Waals surface area contributed by atoms with Crippen molar-refractivity contribution in [2.75, 3.05) is 0 Å². The van der Waals surface area contributed by atoms with E-state index in [1.165, 1.54) is 0 Å². The van der Waals surface area contributed by atoms with Crippen molar-refractivity contribution in [1.82, 2.24) is 16.0 Å². The lowest BCUT2D eigenvalue weighted by molar-refractivity contribution is -0.143. The Balaban J connectivity index is 5.54. The average Bonchev–Trinajstić information content (AvgIpc) is 2.71. The number of hydrogen-bond donors (Lipinski definition) is 6. The van der Waals surface area contributed by atoms with Crippen molar-refractivity contribution in [3.05, 3.63) is 0 Å². The van der Waals surface area contributed by atoms with Crippen LogP contribution in [0.5, 0.6) is 0 Å². The van der Waals surface area contributed by atoms with E-state index < -0.39 is 60.2 Å². The molecule has 4 atom stereocenters. The highest BCUT2D eigenvalue weighted by Gasteiger charge is 2.31. The van der Waals surface area contributed by atoms with Crippen molar-refractivity contribution >= 4 is 29.7 Å². The van der Waals surface area contributed by atoms with Gasteiger partial charge in [0.2, 0.25) is 17.7 Å². The normalized spacial score (nSPS) is 14.8. The first-order chi connectivity index (χ1) is 15.3. The number of carboxylic acid groups (broad SMARTS) is 2. The fourth-order valence-electron chi connectivity index (χ4n) is 3.02. The molecular formula is C22H40N4O7. The Morgan fingerprint density at radius 3 is 1.76 bits per heavy atom. The van der Waals surface area contributed by atoms with Gasteiger partial charge in [-0.3, -0.25) is 19.2 Å². The van der Waals surface area contributed by atoms with Crippen molar-refractivity contribution in [3.8, 4) is 0 Å². The highest BCUT2D eigenvalue weighted by atomic mass is 16.4. The van der Waals surface area contributed by atoms with Crippen LogP contribution in [-0.2, 0) is 24.0 Å². The van der Waals surface area contributed by atoms with E-state index in [9.17, 15) is 29.1 Å². The van der Waals surface area contributed by atoms with E-state index in [4.69, 9.17) is 10.8 Å². The maximum Gasteiger partial charge on any atom is 0.326 e. The van der Waals surface area contributed by atoms with E-state index in [1.807, 2.05) is 20.8 Å². The molecular weight excluding hydrogens is 432 g/mol. The Hall–Kier alpha value is -2.69. The summed E-state index contributed by atoms with van der Waals surface area (Å²) in [5.74, 6) is -4.49. The molecule has 7 N–H and O–H groups in total. The molecule has 0 aliphatic heterocycles. The van der Waals surface area contributed by atoms with Gasteiger partial charge in [-0.25, -0.2) is 4.79 Å². The molecule has 0 aromatic heterocycles. The molecule has 0 saturated carbocycles. The smallest absolute Gasteiger partial charge is 0.326 e. The summed E-state index contributed by atoms with van der Waals surface area (Å²) >= 11 is 0. The average molecular weight is 473 g/mol. The number of aliphatic carboxylic acids is 2. The third-order valence-corrected chi connectivity index (χ3v) is 5.10. The highest BCUT2D eigenvalue weighted by molar-refractivity contribution is 5.94. The van der Waals surface area contributed by atoms with Gasteiger partial charge in [-0.15, -0.1) is 0 Å². The molecule has 0 rings (SSSR count). The predicted octanol–water partition coefficient (Wildman–Crippen LogP) is 0.610. The maximum atomic E-state index is 12.9. The lowest BCUT2D eigenvalue weighted by Crippen LogP contribution is -2.57. The summed E-state index contributed by atoms with van der Waals surface area (Å²) in [5, 5.41) is 25.9. The van der Waals surface area contributed by atoms with E-state index in [0.29, 0.717) is 6.42 Å². The topological polar surface area (TPSA) is 188 Å². The monoisotopic (exact) mass is 472 g/mol. The van der Waals surface area contributed by atoms with Crippen LogP contribution >= 0.6 is 0 Å². The molecule has 0 spiro atoms. The summed E-state index contributed by atoms with van der Waals surface area (Å²) in [7, 11) is 0. The van der Waals surface area contributed by atoms with Crippen LogP contribution in [-0.4, -0.2) is 64.0 Å². The van der Waals surface area contributed by atoms with Gasteiger partial charge in [0.1, 0.15) is 18.1 Å². The standard InChI is InChI=1S/C22H40N4O7/c1-6-7-8-15(22(32)33)25-19(29)14(9-10-17(27)28)24-20(30)16(11-12(2)3)26-21(31)18(23)13(4)5/h12-16,18H,6-11,23H2,1-5H3,(H,24,30)(H,25,29)(H,26,31)(H,27,28)(H,32,33)/t14-,15-,16-,18-/m0/s1. The second-order valence-electron chi connectivity index (χ2n) is 9.00. The minimum Gasteiger partial charge on any atom is -0.481 e. The lowest BCUT2D eigenvalue weighted by atomic mass is 10.00. The summed E-state index contributed by atoms with van der Waals surface area (Å²) in [5.41, 5.74) is 5.86.